The van der Waals surface area contributed by atoms with E-state index in [1.165, 1.54) is 0 Å². The molecule has 0 saturated carbocycles. The van der Waals surface area contributed by atoms with Gasteiger partial charge in [0.1, 0.15) is 5.82 Å². The number of benzene rings is 2. The van der Waals surface area contributed by atoms with Gasteiger partial charge in [0.15, 0.2) is 5.16 Å². The highest BCUT2D eigenvalue weighted by molar-refractivity contribution is 7.98. The summed E-state index contributed by atoms with van der Waals surface area (Å²) in [6.07, 6.45) is 6.59. The van der Waals surface area contributed by atoms with Crippen molar-refractivity contribution < 1.29 is 9.59 Å². The predicted molar refractivity (Wildman–Crippen MR) is 135 cm³/mol. The van der Waals surface area contributed by atoms with Crippen LogP contribution in [0.25, 0.3) is 11.0 Å². The standard InChI is InChI=1S/C25H25N7O2S/c33-23(30-31-24(34)19-4-3-13-32(15-19)22-14-26-11-12-27-22)18-9-7-17(8-10-18)16-35-25-28-20-5-1-2-6-21(20)29-25/h1-2,5-12,14,19H,3-4,13,15-16H2,(H,28,29)(H,30,33)(H,31,34)/t19-/m0/s1. The first kappa shape index (κ1) is 22.9. The van der Waals surface area contributed by atoms with Crippen molar-refractivity contribution in [2.24, 2.45) is 5.92 Å². The Balaban J connectivity index is 1.10. The fourth-order valence-electron chi connectivity index (χ4n) is 4.05. The molecular formula is C25H25N7O2S. The lowest BCUT2D eigenvalue weighted by atomic mass is 9.97. The summed E-state index contributed by atoms with van der Waals surface area (Å²) in [7, 11) is 0. The minimum absolute atomic E-state index is 0.203. The fourth-order valence-corrected chi connectivity index (χ4v) is 4.89. The van der Waals surface area contributed by atoms with Gasteiger partial charge in [-0.25, -0.2) is 9.97 Å². The maximum absolute atomic E-state index is 12.6. The molecule has 1 aliphatic rings. The van der Waals surface area contributed by atoms with Crippen LogP contribution in [0.4, 0.5) is 5.82 Å². The van der Waals surface area contributed by atoms with Crippen LogP contribution in [-0.4, -0.2) is 44.8 Å². The van der Waals surface area contributed by atoms with Crippen molar-refractivity contribution in [2.45, 2.75) is 23.8 Å². The molecule has 9 nitrogen and oxygen atoms in total. The number of nitrogens with one attached hydrogen (secondary N) is 3. The number of rotatable bonds is 6. The number of fused-ring (bicyclic) bond motifs is 1. The Morgan fingerprint density at radius 2 is 1.94 bits per heavy atom. The summed E-state index contributed by atoms with van der Waals surface area (Å²) in [6.45, 7) is 1.37. The molecule has 178 valence electrons. The Morgan fingerprint density at radius 3 is 2.74 bits per heavy atom. The number of hydrogen-bond acceptors (Lipinski definition) is 7. The topological polar surface area (TPSA) is 116 Å². The van der Waals surface area contributed by atoms with Gasteiger partial charge in [0.2, 0.25) is 5.91 Å². The first-order chi connectivity index (χ1) is 17.2. The molecule has 1 aliphatic heterocycles. The van der Waals surface area contributed by atoms with Gasteiger partial charge in [-0.1, -0.05) is 36.0 Å². The first-order valence-corrected chi connectivity index (χ1v) is 12.4. The van der Waals surface area contributed by atoms with Gasteiger partial charge in [-0.05, 0) is 42.7 Å². The summed E-state index contributed by atoms with van der Waals surface area (Å²) in [4.78, 5) is 43.5. The smallest absolute Gasteiger partial charge is 0.269 e. The average molecular weight is 488 g/mol. The van der Waals surface area contributed by atoms with Crippen LogP contribution in [0.5, 0.6) is 0 Å². The Bertz CT molecular complexity index is 1280. The molecule has 0 aliphatic carbocycles. The molecule has 2 aromatic carbocycles. The third-order valence-electron chi connectivity index (χ3n) is 5.92. The normalized spacial score (nSPS) is 15.7. The quantitative estimate of drug-likeness (QED) is 0.282. The number of amides is 2. The summed E-state index contributed by atoms with van der Waals surface area (Å²) in [5.74, 6) is 0.696. The molecule has 3 N–H and O–H groups in total. The Labute approximate surface area is 206 Å². The highest BCUT2D eigenvalue weighted by atomic mass is 32.2. The van der Waals surface area contributed by atoms with E-state index in [1.54, 1.807) is 42.5 Å². The highest BCUT2D eigenvalue weighted by Gasteiger charge is 2.27. The fraction of sp³-hybridized carbons (Fsp3) is 0.240. The average Bonchev–Trinajstić information content (AvgIpc) is 3.34. The van der Waals surface area contributed by atoms with Crippen LogP contribution in [0.2, 0.25) is 0 Å². The van der Waals surface area contributed by atoms with Gasteiger partial charge in [-0.15, -0.1) is 0 Å². The number of nitrogens with zero attached hydrogens (tertiary/aromatic N) is 4. The number of anilines is 1. The number of aromatic nitrogens is 4. The molecule has 2 aromatic heterocycles. The van der Waals surface area contributed by atoms with Crippen LogP contribution in [-0.2, 0) is 10.5 Å². The number of carbonyl (C=O) groups excluding carboxylic acids is 2. The minimum Gasteiger partial charge on any atom is -0.355 e. The number of H-pyrrole nitrogens is 1. The summed E-state index contributed by atoms with van der Waals surface area (Å²) in [5, 5.41) is 0.858. The first-order valence-electron chi connectivity index (χ1n) is 11.4. The molecule has 35 heavy (non-hydrogen) atoms. The van der Waals surface area contributed by atoms with E-state index < -0.39 is 0 Å². The number of aromatic amines is 1. The van der Waals surface area contributed by atoms with Crippen LogP contribution in [0, 0.1) is 5.92 Å². The van der Waals surface area contributed by atoms with E-state index in [0.29, 0.717) is 12.1 Å². The predicted octanol–water partition coefficient (Wildman–Crippen LogP) is 3.32. The maximum atomic E-state index is 12.6. The van der Waals surface area contributed by atoms with Crippen molar-refractivity contribution in [3.05, 3.63) is 78.2 Å². The molecule has 2 amide bonds. The van der Waals surface area contributed by atoms with Gasteiger partial charge in [-0.2, -0.15) is 0 Å². The molecule has 10 heteroatoms. The summed E-state index contributed by atoms with van der Waals surface area (Å²) in [6, 6.07) is 15.3. The van der Waals surface area contributed by atoms with Crippen LogP contribution in [0.15, 0.2) is 72.3 Å². The van der Waals surface area contributed by atoms with E-state index in [1.807, 2.05) is 41.3 Å². The van der Waals surface area contributed by atoms with E-state index in [0.717, 1.165) is 52.7 Å². The zero-order chi connectivity index (χ0) is 24.0. The SMILES string of the molecule is O=C(NNC(=O)[C@H]1CCCN(c2cnccn2)C1)c1ccc(CSc2nc3ccccc3[nH]2)cc1. The zero-order valence-electron chi connectivity index (χ0n) is 19.0. The lowest BCUT2D eigenvalue weighted by Gasteiger charge is -2.32. The number of imidazole rings is 1. The number of hydrazine groups is 1. The van der Waals surface area contributed by atoms with Gasteiger partial charge < -0.3 is 9.88 Å². The zero-order valence-corrected chi connectivity index (χ0v) is 19.8. The van der Waals surface area contributed by atoms with Crippen molar-refractivity contribution in [1.82, 2.24) is 30.8 Å². The Morgan fingerprint density at radius 1 is 1.09 bits per heavy atom. The maximum Gasteiger partial charge on any atom is 0.269 e. The van der Waals surface area contributed by atoms with Crippen LogP contribution < -0.4 is 15.8 Å². The van der Waals surface area contributed by atoms with Crippen molar-refractivity contribution in [2.75, 3.05) is 18.0 Å². The Kier molecular flexibility index (Phi) is 6.89. The third-order valence-corrected chi connectivity index (χ3v) is 6.87. The summed E-state index contributed by atoms with van der Waals surface area (Å²) in [5.41, 5.74) is 8.62. The van der Waals surface area contributed by atoms with Gasteiger partial charge in [0.05, 0.1) is 23.1 Å². The highest BCUT2D eigenvalue weighted by Crippen LogP contribution is 2.23. The Hall–Kier alpha value is -3.92. The molecule has 0 spiro atoms. The van der Waals surface area contributed by atoms with Crippen LogP contribution in [0.3, 0.4) is 0 Å². The van der Waals surface area contributed by atoms with Gasteiger partial charge in [0.25, 0.3) is 5.91 Å². The number of carbonyl (C=O) groups is 2. The van der Waals surface area contributed by atoms with Crippen molar-refractivity contribution in [3.63, 3.8) is 0 Å². The van der Waals surface area contributed by atoms with Gasteiger partial charge in [-0.3, -0.25) is 25.4 Å². The van der Waals surface area contributed by atoms with Crippen molar-refractivity contribution in [3.8, 4) is 0 Å². The summed E-state index contributed by atoms with van der Waals surface area (Å²) < 4.78 is 0. The molecule has 0 unspecified atom stereocenters. The number of hydrogen-bond donors (Lipinski definition) is 3. The van der Waals surface area contributed by atoms with E-state index >= 15 is 0 Å². The number of para-hydroxylation sites is 2. The second-order valence-corrected chi connectivity index (χ2v) is 9.30. The molecule has 1 atom stereocenters. The van der Waals surface area contributed by atoms with E-state index in [-0.39, 0.29) is 17.7 Å². The van der Waals surface area contributed by atoms with E-state index in [9.17, 15) is 9.59 Å². The van der Waals surface area contributed by atoms with E-state index in [4.69, 9.17) is 0 Å². The molecular weight excluding hydrogens is 462 g/mol. The largest absolute Gasteiger partial charge is 0.355 e. The van der Waals surface area contributed by atoms with Crippen LogP contribution >= 0.6 is 11.8 Å². The monoisotopic (exact) mass is 487 g/mol. The van der Waals surface area contributed by atoms with E-state index in [2.05, 4.69) is 30.8 Å². The van der Waals surface area contributed by atoms with Crippen molar-refractivity contribution in [1.29, 1.82) is 0 Å². The van der Waals surface area contributed by atoms with Crippen molar-refractivity contribution >= 4 is 40.4 Å². The lowest BCUT2D eigenvalue weighted by molar-refractivity contribution is -0.126. The molecule has 0 radical (unpaired) electrons. The molecule has 1 fully saturated rings. The minimum atomic E-state index is -0.351. The molecule has 1 saturated heterocycles. The second-order valence-electron chi connectivity index (χ2n) is 8.34. The molecule has 0 bridgehead atoms. The number of thioether (sulfide) groups is 1. The molecule has 5 rings (SSSR count). The molecule has 4 aromatic rings. The van der Waals surface area contributed by atoms with Gasteiger partial charge in [0, 0.05) is 36.8 Å². The van der Waals surface area contributed by atoms with Gasteiger partial charge >= 0.3 is 0 Å². The molecule has 3 heterocycles. The number of piperidine rings is 1. The summed E-state index contributed by atoms with van der Waals surface area (Å²) >= 11 is 1.61. The van der Waals surface area contributed by atoms with Crippen LogP contribution in [0.1, 0.15) is 28.8 Å². The lowest BCUT2D eigenvalue weighted by Crippen LogP contribution is -2.49. The third kappa shape index (κ3) is 5.60. The second kappa shape index (κ2) is 10.6.